The van der Waals surface area contributed by atoms with Crippen LogP contribution in [0.4, 0.5) is 0 Å². The molecule has 23 heavy (non-hydrogen) atoms. The predicted octanol–water partition coefficient (Wildman–Crippen LogP) is 1.54. The highest BCUT2D eigenvalue weighted by molar-refractivity contribution is 5.98. The van der Waals surface area contributed by atoms with Gasteiger partial charge in [0.2, 0.25) is 0 Å². The van der Waals surface area contributed by atoms with Gasteiger partial charge in [0.05, 0.1) is 18.4 Å². The van der Waals surface area contributed by atoms with E-state index in [2.05, 4.69) is 15.3 Å². The second kappa shape index (κ2) is 7.35. The molecule has 0 radical (unpaired) electrons. The maximum absolute atomic E-state index is 12.3. The number of carboxylic acids is 1. The van der Waals surface area contributed by atoms with Crippen molar-refractivity contribution in [2.24, 2.45) is 0 Å². The van der Waals surface area contributed by atoms with Crippen molar-refractivity contribution in [2.75, 3.05) is 7.11 Å². The van der Waals surface area contributed by atoms with Crippen molar-refractivity contribution >= 4 is 11.9 Å². The lowest BCUT2D eigenvalue weighted by atomic mass is 10.1. The standard InChI is InChI=1S/C16H17N3O4/c1-10(5-13-9-17-3-4-18-13)19-15(20)11-6-12(16(21)22)8-14(7-11)23-2/h3-4,6-10H,5H2,1-2H3,(H,19,20)(H,21,22)/t10-/m0/s1. The molecule has 0 aliphatic heterocycles. The number of carbonyl (C=O) groups excluding carboxylic acids is 1. The molecular formula is C16H17N3O4. The van der Waals surface area contributed by atoms with Gasteiger partial charge >= 0.3 is 5.97 Å². The predicted molar refractivity (Wildman–Crippen MR) is 82.6 cm³/mol. The fourth-order valence-electron chi connectivity index (χ4n) is 2.08. The lowest BCUT2D eigenvalue weighted by Gasteiger charge is -2.14. The minimum Gasteiger partial charge on any atom is -0.497 e. The molecule has 2 rings (SSSR count). The van der Waals surface area contributed by atoms with Gasteiger partial charge in [0.25, 0.3) is 5.91 Å². The number of amides is 1. The van der Waals surface area contributed by atoms with Crippen LogP contribution < -0.4 is 10.1 Å². The van der Waals surface area contributed by atoms with E-state index in [4.69, 9.17) is 9.84 Å². The molecule has 1 atom stereocenters. The van der Waals surface area contributed by atoms with Crippen molar-refractivity contribution in [2.45, 2.75) is 19.4 Å². The molecule has 120 valence electrons. The molecule has 0 saturated carbocycles. The summed E-state index contributed by atoms with van der Waals surface area (Å²) in [6.07, 6.45) is 5.33. The highest BCUT2D eigenvalue weighted by atomic mass is 16.5. The van der Waals surface area contributed by atoms with Crippen LogP contribution in [0.25, 0.3) is 0 Å². The molecule has 0 aliphatic carbocycles. The molecule has 0 fully saturated rings. The van der Waals surface area contributed by atoms with Crippen molar-refractivity contribution in [3.05, 3.63) is 53.6 Å². The molecule has 7 heteroatoms. The number of aromatic nitrogens is 2. The number of hydrogen-bond acceptors (Lipinski definition) is 5. The Morgan fingerprint density at radius 2 is 2.00 bits per heavy atom. The Labute approximate surface area is 133 Å². The smallest absolute Gasteiger partial charge is 0.335 e. The van der Waals surface area contributed by atoms with Crippen molar-refractivity contribution in [1.82, 2.24) is 15.3 Å². The van der Waals surface area contributed by atoms with E-state index in [0.717, 1.165) is 5.69 Å². The first-order valence-corrected chi connectivity index (χ1v) is 6.97. The molecule has 0 spiro atoms. The van der Waals surface area contributed by atoms with E-state index < -0.39 is 5.97 Å². The number of hydrogen-bond donors (Lipinski definition) is 2. The summed E-state index contributed by atoms with van der Waals surface area (Å²) in [5.41, 5.74) is 0.987. The molecule has 0 bridgehead atoms. The summed E-state index contributed by atoms with van der Waals surface area (Å²) in [7, 11) is 1.42. The zero-order chi connectivity index (χ0) is 16.8. The summed E-state index contributed by atoms with van der Waals surface area (Å²) in [5.74, 6) is -1.18. The zero-order valence-corrected chi connectivity index (χ0v) is 12.8. The maximum atomic E-state index is 12.3. The molecule has 1 heterocycles. The molecule has 0 unspecified atom stereocenters. The molecule has 2 aromatic rings. The third kappa shape index (κ3) is 4.50. The SMILES string of the molecule is COc1cc(C(=O)O)cc(C(=O)N[C@@H](C)Cc2cnccn2)c1. The maximum Gasteiger partial charge on any atom is 0.335 e. The molecule has 0 aliphatic rings. The fourth-order valence-corrected chi connectivity index (χ4v) is 2.08. The van der Waals surface area contributed by atoms with Crippen LogP contribution in [0.15, 0.2) is 36.8 Å². The van der Waals surface area contributed by atoms with E-state index in [-0.39, 0.29) is 23.1 Å². The van der Waals surface area contributed by atoms with Crippen molar-refractivity contribution in [3.8, 4) is 5.75 Å². The molecule has 7 nitrogen and oxygen atoms in total. The van der Waals surface area contributed by atoms with E-state index in [1.54, 1.807) is 18.6 Å². The number of ether oxygens (including phenoxy) is 1. The first kappa shape index (κ1) is 16.4. The van der Waals surface area contributed by atoms with Crippen LogP contribution >= 0.6 is 0 Å². The average molecular weight is 315 g/mol. The Bertz CT molecular complexity index is 704. The summed E-state index contributed by atoms with van der Waals surface area (Å²) in [4.78, 5) is 31.5. The Hall–Kier alpha value is -2.96. The van der Waals surface area contributed by atoms with Gasteiger partial charge in [0.15, 0.2) is 0 Å². The van der Waals surface area contributed by atoms with E-state index in [0.29, 0.717) is 12.2 Å². The first-order valence-electron chi connectivity index (χ1n) is 6.97. The lowest BCUT2D eigenvalue weighted by Crippen LogP contribution is -2.34. The molecule has 1 aromatic heterocycles. The summed E-state index contributed by atoms with van der Waals surface area (Å²) in [6, 6.07) is 3.99. The second-order valence-electron chi connectivity index (χ2n) is 5.03. The molecule has 1 amide bonds. The number of nitrogens with one attached hydrogen (secondary N) is 1. The Balaban J connectivity index is 2.10. The third-order valence-electron chi connectivity index (χ3n) is 3.16. The number of nitrogens with zero attached hydrogens (tertiary/aromatic N) is 2. The Morgan fingerprint density at radius 3 is 2.61 bits per heavy atom. The number of carbonyl (C=O) groups is 2. The van der Waals surface area contributed by atoms with Gasteiger partial charge in [-0.2, -0.15) is 0 Å². The molecule has 2 N–H and O–H groups in total. The monoisotopic (exact) mass is 315 g/mol. The van der Waals surface area contributed by atoms with Crippen LogP contribution in [0, 0.1) is 0 Å². The number of rotatable bonds is 6. The van der Waals surface area contributed by atoms with Gasteiger partial charge in [-0.3, -0.25) is 14.8 Å². The Morgan fingerprint density at radius 1 is 1.26 bits per heavy atom. The number of benzene rings is 1. The van der Waals surface area contributed by atoms with Crippen LogP contribution in [-0.4, -0.2) is 40.1 Å². The topological polar surface area (TPSA) is 101 Å². The van der Waals surface area contributed by atoms with Crippen LogP contribution in [-0.2, 0) is 6.42 Å². The first-order chi connectivity index (χ1) is 11.0. The van der Waals surface area contributed by atoms with Crippen LogP contribution in [0.3, 0.4) is 0 Å². The average Bonchev–Trinajstić information content (AvgIpc) is 2.55. The van der Waals surface area contributed by atoms with Gasteiger partial charge in [-0.15, -0.1) is 0 Å². The number of methoxy groups -OCH3 is 1. The van der Waals surface area contributed by atoms with E-state index in [1.165, 1.54) is 25.3 Å². The van der Waals surface area contributed by atoms with E-state index in [9.17, 15) is 9.59 Å². The largest absolute Gasteiger partial charge is 0.497 e. The van der Waals surface area contributed by atoms with Crippen LogP contribution in [0.2, 0.25) is 0 Å². The fraction of sp³-hybridized carbons (Fsp3) is 0.250. The van der Waals surface area contributed by atoms with Crippen molar-refractivity contribution in [1.29, 1.82) is 0 Å². The van der Waals surface area contributed by atoms with Gasteiger partial charge < -0.3 is 15.2 Å². The molecular weight excluding hydrogens is 298 g/mol. The second-order valence-corrected chi connectivity index (χ2v) is 5.03. The van der Waals surface area contributed by atoms with E-state index >= 15 is 0 Å². The summed E-state index contributed by atoms with van der Waals surface area (Å²) in [6.45, 7) is 1.84. The van der Waals surface area contributed by atoms with Crippen molar-refractivity contribution in [3.63, 3.8) is 0 Å². The van der Waals surface area contributed by atoms with Crippen LogP contribution in [0.5, 0.6) is 5.75 Å². The van der Waals surface area contributed by atoms with Crippen LogP contribution in [0.1, 0.15) is 33.3 Å². The molecule has 0 saturated heterocycles. The normalized spacial score (nSPS) is 11.6. The highest BCUT2D eigenvalue weighted by Gasteiger charge is 2.15. The summed E-state index contributed by atoms with van der Waals surface area (Å²) >= 11 is 0. The Kier molecular flexibility index (Phi) is 5.24. The van der Waals surface area contributed by atoms with Gasteiger partial charge in [-0.1, -0.05) is 0 Å². The van der Waals surface area contributed by atoms with Crippen molar-refractivity contribution < 1.29 is 19.4 Å². The lowest BCUT2D eigenvalue weighted by molar-refractivity contribution is 0.0696. The van der Waals surface area contributed by atoms with E-state index in [1.807, 2.05) is 6.92 Å². The number of aromatic carboxylic acids is 1. The quantitative estimate of drug-likeness (QED) is 0.838. The van der Waals surface area contributed by atoms with Gasteiger partial charge in [0, 0.05) is 36.6 Å². The minimum absolute atomic E-state index is 0.00363. The van der Waals surface area contributed by atoms with Gasteiger partial charge in [-0.25, -0.2) is 4.79 Å². The number of carboxylic acid groups (broad SMARTS) is 1. The zero-order valence-electron chi connectivity index (χ0n) is 12.8. The summed E-state index contributed by atoms with van der Waals surface area (Å²) < 4.78 is 5.03. The highest BCUT2D eigenvalue weighted by Crippen LogP contribution is 2.17. The third-order valence-corrected chi connectivity index (χ3v) is 3.16. The van der Waals surface area contributed by atoms with Gasteiger partial charge in [-0.05, 0) is 25.1 Å². The minimum atomic E-state index is -1.12. The van der Waals surface area contributed by atoms with Gasteiger partial charge in [0.1, 0.15) is 5.75 Å². The summed E-state index contributed by atoms with van der Waals surface area (Å²) in [5, 5.41) is 11.9. The molecule has 1 aromatic carbocycles.